The van der Waals surface area contributed by atoms with E-state index in [0.29, 0.717) is 6.42 Å². The van der Waals surface area contributed by atoms with Crippen LogP contribution < -0.4 is 9.47 Å². The van der Waals surface area contributed by atoms with Crippen molar-refractivity contribution in [3.63, 3.8) is 0 Å². The molecular weight excluding hydrogens is 220 g/mol. The second-order valence-electron chi connectivity index (χ2n) is 4.08. The predicted octanol–water partition coefficient (Wildman–Crippen LogP) is 1.55. The van der Waals surface area contributed by atoms with Gasteiger partial charge in [-0.3, -0.25) is 0 Å². The Bertz CT molecular complexity index is 351. The first-order valence-electron chi connectivity index (χ1n) is 5.63. The van der Waals surface area contributed by atoms with E-state index in [1.807, 2.05) is 25.1 Å². The SMILES string of the molecule is COc1ccc(OC)c(C(C)CC(O)CO)c1. The molecule has 0 radical (unpaired) electrons. The Morgan fingerprint density at radius 1 is 1.24 bits per heavy atom. The standard InChI is InChI=1S/C13H20O4/c1-9(6-10(15)8-14)12-7-11(16-2)4-5-13(12)17-3/h4-5,7,9-10,14-15H,6,8H2,1-3H3. The summed E-state index contributed by atoms with van der Waals surface area (Å²) in [5.74, 6) is 1.61. The Kier molecular flexibility index (Phi) is 5.25. The molecule has 17 heavy (non-hydrogen) atoms. The predicted molar refractivity (Wildman–Crippen MR) is 65.7 cm³/mol. The molecule has 1 aromatic rings. The molecule has 96 valence electrons. The third-order valence-electron chi connectivity index (χ3n) is 2.80. The minimum absolute atomic E-state index is 0.0854. The zero-order valence-electron chi connectivity index (χ0n) is 10.5. The van der Waals surface area contributed by atoms with Gasteiger partial charge in [0.1, 0.15) is 11.5 Å². The molecule has 1 rings (SSSR count). The molecule has 0 amide bonds. The lowest BCUT2D eigenvalue weighted by atomic mass is 9.94. The quantitative estimate of drug-likeness (QED) is 0.792. The van der Waals surface area contributed by atoms with Crippen LogP contribution in [0.15, 0.2) is 18.2 Å². The second-order valence-corrected chi connectivity index (χ2v) is 4.08. The monoisotopic (exact) mass is 240 g/mol. The van der Waals surface area contributed by atoms with Gasteiger partial charge in [-0.15, -0.1) is 0 Å². The van der Waals surface area contributed by atoms with Crippen molar-refractivity contribution >= 4 is 0 Å². The van der Waals surface area contributed by atoms with Crippen LogP contribution in [0.25, 0.3) is 0 Å². The summed E-state index contributed by atoms with van der Waals surface area (Å²) in [6, 6.07) is 5.57. The molecule has 2 atom stereocenters. The van der Waals surface area contributed by atoms with Gasteiger partial charge in [-0.1, -0.05) is 6.92 Å². The molecule has 0 aliphatic rings. The molecule has 0 bridgehead atoms. The van der Waals surface area contributed by atoms with Crippen molar-refractivity contribution in [1.82, 2.24) is 0 Å². The molecule has 0 saturated heterocycles. The molecule has 0 aromatic heterocycles. The van der Waals surface area contributed by atoms with E-state index in [4.69, 9.17) is 14.6 Å². The van der Waals surface area contributed by atoms with Gasteiger partial charge in [0, 0.05) is 5.56 Å². The van der Waals surface area contributed by atoms with Crippen LogP contribution in [0.1, 0.15) is 24.8 Å². The highest BCUT2D eigenvalue weighted by Gasteiger charge is 2.16. The lowest BCUT2D eigenvalue weighted by Crippen LogP contribution is -2.15. The van der Waals surface area contributed by atoms with Gasteiger partial charge in [-0.05, 0) is 30.5 Å². The summed E-state index contributed by atoms with van der Waals surface area (Å²) in [6.07, 6.45) is -0.221. The summed E-state index contributed by atoms with van der Waals surface area (Å²) in [7, 11) is 3.22. The molecular formula is C13H20O4. The third kappa shape index (κ3) is 3.61. The van der Waals surface area contributed by atoms with Crippen molar-refractivity contribution in [3.05, 3.63) is 23.8 Å². The van der Waals surface area contributed by atoms with Crippen LogP contribution in [0.2, 0.25) is 0 Å². The van der Waals surface area contributed by atoms with E-state index >= 15 is 0 Å². The first-order chi connectivity index (χ1) is 8.12. The maximum atomic E-state index is 9.46. The van der Waals surface area contributed by atoms with Gasteiger partial charge in [-0.2, -0.15) is 0 Å². The molecule has 0 aliphatic heterocycles. The highest BCUT2D eigenvalue weighted by Crippen LogP contribution is 2.32. The summed E-state index contributed by atoms with van der Waals surface area (Å²) in [4.78, 5) is 0. The molecule has 0 saturated carbocycles. The van der Waals surface area contributed by atoms with Gasteiger partial charge >= 0.3 is 0 Å². The van der Waals surface area contributed by atoms with E-state index in [1.165, 1.54) is 0 Å². The number of rotatable bonds is 6. The largest absolute Gasteiger partial charge is 0.497 e. The lowest BCUT2D eigenvalue weighted by Gasteiger charge is -2.18. The average Bonchev–Trinajstić information content (AvgIpc) is 2.37. The minimum atomic E-state index is -0.707. The van der Waals surface area contributed by atoms with Crippen LogP contribution in [-0.2, 0) is 0 Å². The highest BCUT2D eigenvalue weighted by molar-refractivity contribution is 5.42. The van der Waals surface area contributed by atoms with Crippen LogP contribution >= 0.6 is 0 Å². The van der Waals surface area contributed by atoms with Gasteiger partial charge in [0.2, 0.25) is 0 Å². The van der Waals surface area contributed by atoms with Crippen LogP contribution in [0.4, 0.5) is 0 Å². The fraction of sp³-hybridized carbons (Fsp3) is 0.538. The number of aliphatic hydroxyl groups excluding tert-OH is 2. The number of hydrogen-bond acceptors (Lipinski definition) is 4. The van der Waals surface area contributed by atoms with Crippen molar-refractivity contribution in [1.29, 1.82) is 0 Å². The first kappa shape index (κ1) is 13.8. The fourth-order valence-electron chi connectivity index (χ4n) is 1.83. The first-order valence-corrected chi connectivity index (χ1v) is 5.63. The summed E-state index contributed by atoms with van der Waals surface area (Å²) < 4.78 is 10.4. The average molecular weight is 240 g/mol. The zero-order chi connectivity index (χ0) is 12.8. The number of methoxy groups -OCH3 is 2. The molecule has 0 spiro atoms. The van der Waals surface area contributed by atoms with Gasteiger partial charge in [-0.25, -0.2) is 0 Å². The maximum Gasteiger partial charge on any atom is 0.122 e. The van der Waals surface area contributed by atoms with Crippen LogP contribution in [-0.4, -0.2) is 37.1 Å². The van der Waals surface area contributed by atoms with Gasteiger partial charge in [0.25, 0.3) is 0 Å². The summed E-state index contributed by atoms with van der Waals surface area (Å²) in [5, 5.41) is 18.3. The molecule has 2 N–H and O–H groups in total. The minimum Gasteiger partial charge on any atom is -0.497 e. The Morgan fingerprint density at radius 3 is 2.47 bits per heavy atom. The molecule has 0 fully saturated rings. The van der Waals surface area contributed by atoms with Crippen molar-refractivity contribution in [2.75, 3.05) is 20.8 Å². The fourth-order valence-corrected chi connectivity index (χ4v) is 1.83. The smallest absolute Gasteiger partial charge is 0.122 e. The normalized spacial score (nSPS) is 14.2. The summed E-state index contributed by atoms with van der Waals surface area (Å²) >= 11 is 0. The van der Waals surface area contributed by atoms with E-state index in [9.17, 15) is 5.11 Å². The van der Waals surface area contributed by atoms with Crippen molar-refractivity contribution in [2.24, 2.45) is 0 Å². The van der Waals surface area contributed by atoms with Crippen LogP contribution in [0.5, 0.6) is 11.5 Å². The van der Waals surface area contributed by atoms with E-state index in [-0.39, 0.29) is 12.5 Å². The number of benzene rings is 1. The topological polar surface area (TPSA) is 58.9 Å². The maximum absolute atomic E-state index is 9.46. The molecule has 2 unspecified atom stereocenters. The van der Waals surface area contributed by atoms with Crippen LogP contribution in [0, 0.1) is 0 Å². The van der Waals surface area contributed by atoms with Gasteiger partial charge < -0.3 is 19.7 Å². The lowest BCUT2D eigenvalue weighted by molar-refractivity contribution is 0.0833. The Balaban J connectivity index is 2.92. The Labute approximate surface area is 102 Å². The van der Waals surface area contributed by atoms with E-state index in [0.717, 1.165) is 17.1 Å². The van der Waals surface area contributed by atoms with E-state index in [1.54, 1.807) is 14.2 Å². The molecule has 0 aliphatic carbocycles. The van der Waals surface area contributed by atoms with Crippen molar-refractivity contribution in [3.8, 4) is 11.5 Å². The number of aliphatic hydroxyl groups is 2. The van der Waals surface area contributed by atoms with Gasteiger partial charge in [0.15, 0.2) is 0 Å². The number of ether oxygens (including phenoxy) is 2. The molecule has 1 aromatic carbocycles. The third-order valence-corrected chi connectivity index (χ3v) is 2.80. The molecule has 4 nitrogen and oxygen atoms in total. The van der Waals surface area contributed by atoms with Crippen molar-refractivity contribution < 1.29 is 19.7 Å². The second kappa shape index (κ2) is 6.47. The van der Waals surface area contributed by atoms with Gasteiger partial charge in [0.05, 0.1) is 26.9 Å². The van der Waals surface area contributed by atoms with Crippen molar-refractivity contribution in [2.45, 2.75) is 25.4 Å². The summed E-state index contributed by atoms with van der Waals surface area (Å²) in [6.45, 7) is 1.76. The Hall–Kier alpha value is -1.26. The van der Waals surface area contributed by atoms with E-state index in [2.05, 4.69) is 0 Å². The van der Waals surface area contributed by atoms with E-state index < -0.39 is 6.10 Å². The zero-order valence-corrected chi connectivity index (χ0v) is 10.5. The summed E-state index contributed by atoms with van der Waals surface area (Å²) in [5.41, 5.74) is 0.972. The highest BCUT2D eigenvalue weighted by atomic mass is 16.5. The molecule has 0 heterocycles. The Morgan fingerprint density at radius 2 is 1.94 bits per heavy atom. The molecule has 4 heteroatoms. The number of hydrogen-bond donors (Lipinski definition) is 2. The van der Waals surface area contributed by atoms with Crippen LogP contribution in [0.3, 0.4) is 0 Å².